The Kier molecular flexibility index (Phi) is 5.60. The lowest BCUT2D eigenvalue weighted by Gasteiger charge is -2.16. The van der Waals surface area contributed by atoms with Crippen molar-refractivity contribution in [2.24, 2.45) is 5.14 Å². The number of nitrogen functional groups attached to an aromatic ring is 1. The van der Waals surface area contributed by atoms with Gasteiger partial charge in [0, 0.05) is 11.9 Å². The Balaban J connectivity index is 1.87. The molecule has 0 bridgehead atoms. The number of rotatable bonds is 6. The smallest absolute Gasteiger partial charge is 0.238 e. The van der Waals surface area contributed by atoms with Gasteiger partial charge in [-0.05, 0) is 56.3 Å². The fourth-order valence-corrected chi connectivity index (χ4v) is 5.08. The quantitative estimate of drug-likeness (QED) is 0.374. The molecular weight excluding hydrogens is 464 g/mol. The molecule has 0 saturated heterocycles. The van der Waals surface area contributed by atoms with Crippen LogP contribution < -0.4 is 16.2 Å². The number of aromatic nitrogens is 3. The van der Waals surface area contributed by atoms with Crippen LogP contribution in [-0.4, -0.2) is 36.6 Å². The summed E-state index contributed by atoms with van der Waals surface area (Å²) in [7, 11) is -7.40. The van der Waals surface area contributed by atoms with E-state index in [4.69, 9.17) is 10.9 Å². The summed E-state index contributed by atoms with van der Waals surface area (Å²) in [6, 6.07) is 14.3. The van der Waals surface area contributed by atoms with Gasteiger partial charge in [-0.1, -0.05) is 12.1 Å². The van der Waals surface area contributed by atoms with Crippen LogP contribution in [0.15, 0.2) is 70.6 Å². The van der Waals surface area contributed by atoms with Gasteiger partial charge in [0.1, 0.15) is 5.52 Å². The number of fused-ring (bicyclic) bond motifs is 1. The molecule has 0 spiro atoms. The standard InChI is InChI=1S/C21H22N6O4S2/c1-13(2)32(28,29)18-6-4-3-5-16(18)24-20-19-17(25-21(22)26-20)11-12-27(19)14-7-9-15(10-8-14)33(23,30)31/h3-13H,1-2H3,(H2,23,30,31)(H3,22,24,25,26). The van der Waals surface area contributed by atoms with Gasteiger partial charge >= 0.3 is 0 Å². The van der Waals surface area contributed by atoms with Crippen LogP contribution in [0.25, 0.3) is 16.7 Å². The summed E-state index contributed by atoms with van der Waals surface area (Å²) in [5, 5.41) is 7.67. The minimum atomic E-state index is -3.83. The van der Waals surface area contributed by atoms with Gasteiger partial charge in [-0.25, -0.2) is 27.0 Å². The first-order valence-electron chi connectivity index (χ1n) is 9.86. The van der Waals surface area contributed by atoms with Crippen LogP contribution in [0.4, 0.5) is 17.5 Å². The highest BCUT2D eigenvalue weighted by molar-refractivity contribution is 7.92. The van der Waals surface area contributed by atoms with Gasteiger partial charge < -0.3 is 15.6 Å². The summed E-state index contributed by atoms with van der Waals surface area (Å²) in [5.74, 6) is 0.306. The van der Waals surface area contributed by atoms with E-state index in [1.807, 2.05) is 0 Å². The molecule has 10 nitrogen and oxygen atoms in total. The molecular formula is C21H22N6O4S2. The van der Waals surface area contributed by atoms with E-state index in [1.54, 1.807) is 61.0 Å². The maximum atomic E-state index is 12.9. The van der Waals surface area contributed by atoms with Crippen molar-refractivity contribution in [1.29, 1.82) is 0 Å². The molecule has 2 heterocycles. The SMILES string of the molecule is CC(C)S(=O)(=O)c1ccccc1Nc1nc(N)nc2ccn(-c3ccc(S(N)(=O)=O)cc3)c12. The number of sulfone groups is 1. The lowest BCUT2D eigenvalue weighted by atomic mass is 10.3. The van der Waals surface area contributed by atoms with E-state index in [2.05, 4.69) is 15.3 Å². The van der Waals surface area contributed by atoms with Gasteiger partial charge in [0.05, 0.1) is 26.2 Å². The van der Waals surface area contributed by atoms with Crippen molar-refractivity contribution in [3.63, 3.8) is 0 Å². The van der Waals surface area contributed by atoms with E-state index in [9.17, 15) is 16.8 Å². The van der Waals surface area contributed by atoms with Crippen molar-refractivity contribution in [2.75, 3.05) is 11.1 Å². The number of nitrogens with zero attached hydrogens (tertiary/aromatic N) is 3. The first-order valence-corrected chi connectivity index (χ1v) is 13.0. The fraction of sp³-hybridized carbons (Fsp3) is 0.143. The minimum Gasteiger partial charge on any atom is -0.368 e. The Morgan fingerprint density at radius 2 is 1.61 bits per heavy atom. The molecule has 0 radical (unpaired) electrons. The Morgan fingerprint density at radius 3 is 2.24 bits per heavy atom. The lowest BCUT2D eigenvalue weighted by molar-refractivity contribution is 0.587. The summed E-state index contributed by atoms with van der Waals surface area (Å²) in [6.07, 6.45) is 1.73. The zero-order valence-electron chi connectivity index (χ0n) is 17.8. The Bertz CT molecular complexity index is 1560. The van der Waals surface area contributed by atoms with Gasteiger partial charge in [-0.15, -0.1) is 0 Å². The first-order chi connectivity index (χ1) is 15.5. The number of hydrogen-bond acceptors (Lipinski definition) is 8. The summed E-state index contributed by atoms with van der Waals surface area (Å²) >= 11 is 0. The van der Waals surface area contributed by atoms with E-state index in [0.29, 0.717) is 28.2 Å². The highest BCUT2D eigenvalue weighted by Crippen LogP contribution is 2.32. The number of nitrogens with one attached hydrogen (secondary N) is 1. The number of primary sulfonamides is 1. The number of para-hydroxylation sites is 1. The van der Waals surface area contributed by atoms with E-state index in [-0.39, 0.29) is 15.7 Å². The molecule has 12 heteroatoms. The Labute approximate surface area is 191 Å². The van der Waals surface area contributed by atoms with Crippen molar-refractivity contribution < 1.29 is 16.8 Å². The maximum Gasteiger partial charge on any atom is 0.238 e. The molecule has 0 aliphatic rings. The molecule has 4 rings (SSSR count). The van der Waals surface area contributed by atoms with Crippen molar-refractivity contribution in [3.8, 4) is 5.69 Å². The van der Waals surface area contributed by atoms with Gasteiger partial charge in [0.25, 0.3) is 0 Å². The molecule has 172 valence electrons. The largest absolute Gasteiger partial charge is 0.368 e. The van der Waals surface area contributed by atoms with E-state index in [1.165, 1.54) is 18.2 Å². The number of hydrogen-bond donors (Lipinski definition) is 3. The zero-order valence-corrected chi connectivity index (χ0v) is 19.4. The number of nitrogens with two attached hydrogens (primary N) is 2. The third-order valence-corrected chi connectivity index (χ3v) is 8.20. The van der Waals surface area contributed by atoms with E-state index in [0.717, 1.165) is 0 Å². The first kappa shape index (κ1) is 22.7. The van der Waals surface area contributed by atoms with Crippen LogP contribution in [0, 0.1) is 0 Å². The molecule has 4 aromatic rings. The van der Waals surface area contributed by atoms with Crippen LogP contribution >= 0.6 is 0 Å². The van der Waals surface area contributed by atoms with Gasteiger partial charge in [0.15, 0.2) is 15.7 Å². The molecule has 0 aliphatic carbocycles. The predicted molar refractivity (Wildman–Crippen MR) is 127 cm³/mol. The summed E-state index contributed by atoms with van der Waals surface area (Å²) in [6.45, 7) is 3.23. The summed E-state index contributed by atoms with van der Waals surface area (Å²) < 4.78 is 50.6. The molecule has 2 aromatic heterocycles. The molecule has 0 amide bonds. The second kappa shape index (κ2) is 8.14. The third kappa shape index (κ3) is 4.27. The summed E-state index contributed by atoms with van der Waals surface area (Å²) in [5.41, 5.74) is 7.92. The normalized spacial score (nSPS) is 12.4. The van der Waals surface area contributed by atoms with Crippen molar-refractivity contribution >= 4 is 48.3 Å². The molecule has 0 saturated carbocycles. The van der Waals surface area contributed by atoms with Gasteiger partial charge in [0.2, 0.25) is 16.0 Å². The minimum absolute atomic E-state index is 0.0107. The zero-order chi connectivity index (χ0) is 24.0. The maximum absolute atomic E-state index is 12.9. The molecule has 0 atom stereocenters. The van der Waals surface area contributed by atoms with Gasteiger partial charge in [-0.3, -0.25) is 0 Å². The lowest BCUT2D eigenvalue weighted by Crippen LogP contribution is -2.16. The highest BCUT2D eigenvalue weighted by atomic mass is 32.2. The number of sulfonamides is 1. The van der Waals surface area contributed by atoms with Crippen LogP contribution in [0.2, 0.25) is 0 Å². The van der Waals surface area contributed by atoms with Crippen LogP contribution in [0.3, 0.4) is 0 Å². The second-order valence-corrected chi connectivity index (χ2v) is 11.6. The average molecular weight is 487 g/mol. The van der Waals surface area contributed by atoms with Crippen molar-refractivity contribution in [2.45, 2.75) is 28.9 Å². The van der Waals surface area contributed by atoms with Crippen molar-refractivity contribution in [3.05, 3.63) is 60.8 Å². The Hall–Kier alpha value is -3.48. The average Bonchev–Trinajstić information content (AvgIpc) is 3.17. The molecule has 5 N–H and O–H groups in total. The molecule has 0 unspecified atom stereocenters. The van der Waals surface area contributed by atoms with Gasteiger partial charge in [-0.2, -0.15) is 4.98 Å². The Morgan fingerprint density at radius 1 is 0.939 bits per heavy atom. The predicted octanol–water partition coefficient (Wildman–Crippen LogP) is 2.58. The van der Waals surface area contributed by atoms with E-state index < -0.39 is 25.1 Å². The highest BCUT2D eigenvalue weighted by Gasteiger charge is 2.23. The van der Waals surface area contributed by atoms with Crippen LogP contribution in [-0.2, 0) is 19.9 Å². The van der Waals surface area contributed by atoms with E-state index >= 15 is 0 Å². The molecule has 2 aromatic carbocycles. The van der Waals surface area contributed by atoms with Crippen LogP contribution in [0.5, 0.6) is 0 Å². The van der Waals surface area contributed by atoms with Crippen molar-refractivity contribution in [1.82, 2.24) is 14.5 Å². The monoisotopic (exact) mass is 486 g/mol. The second-order valence-electron chi connectivity index (χ2n) is 7.60. The molecule has 33 heavy (non-hydrogen) atoms. The number of benzene rings is 2. The third-order valence-electron chi connectivity index (χ3n) is 5.06. The topological polar surface area (TPSA) is 163 Å². The molecule has 0 fully saturated rings. The summed E-state index contributed by atoms with van der Waals surface area (Å²) in [4.78, 5) is 8.68. The number of anilines is 3. The van der Waals surface area contributed by atoms with Crippen LogP contribution in [0.1, 0.15) is 13.8 Å². The fourth-order valence-electron chi connectivity index (χ4n) is 3.36. The molecule has 0 aliphatic heterocycles.